The second-order valence-electron chi connectivity index (χ2n) is 4.32. The SMILES string of the molecule is Cc1nnc(NC(=O)c2ccc(C)c(/C=C/C(=O)O)c2)s1. The highest BCUT2D eigenvalue weighted by molar-refractivity contribution is 7.15. The Morgan fingerprint density at radius 1 is 1.29 bits per heavy atom. The molecular weight excluding hydrogens is 290 g/mol. The van der Waals surface area contributed by atoms with Crippen LogP contribution < -0.4 is 5.32 Å². The van der Waals surface area contributed by atoms with Crippen molar-refractivity contribution in [1.82, 2.24) is 10.2 Å². The average Bonchev–Trinajstić information content (AvgIpc) is 2.83. The maximum absolute atomic E-state index is 12.1. The first kappa shape index (κ1) is 14.9. The van der Waals surface area contributed by atoms with Gasteiger partial charge in [0.2, 0.25) is 5.13 Å². The molecule has 0 radical (unpaired) electrons. The highest BCUT2D eigenvalue weighted by atomic mass is 32.1. The minimum absolute atomic E-state index is 0.309. The monoisotopic (exact) mass is 303 g/mol. The zero-order valence-electron chi connectivity index (χ0n) is 11.5. The van der Waals surface area contributed by atoms with E-state index in [-0.39, 0.29) is 5.91 Å². The van der Waals surface area contributed by atoms with Crippen LogP contribution in [-0.4, -0.2) is 27.2 Å². The Hall–Kier alpha value is -2.54. The number of hydrogen-bond donors (Lipinski definition) is 2. The van der Waals surface area contributed by atoms with E-state index in [1.165, 1.54) is 17.4 Å². The van der Waals surface area contributed by atoms with Crippen LogP contribution >= 0.6 is 11.3 Å². The number of hydrogen-bond acceptors (Lipinski definition) is 5. The third kappa shape index (κ3) is 3.96. The molecule has 0 aliphatic heterocycles. The van der Waals surface area contributed by atoms with E-state index in [2.05, 4.69) is 15.5 Å². The lowest BCUT2D eigenvalue weighted by Crippen LogP contribution is -2.12. The molecule has 2 rings (SSSR count). The second kappa shape index (κ2) is 6.27. The van der Waals surface area contributed by atoms with Gasteiger partial charge in [-0.2, -0.15) is 0 Å². The summed E-state index contributed by atoms with van der Waals surface area (Å²) in [6.07, 6.45) is 2.50. The van der Waals surface area contributed by atoms with Crippen LogP contribution in [0.1, 0.15) is 26.5 Å². The first-order valence-corrected chi connectivity index (χ1v) is 6.90. The number of aliphatic carboxylic acids is 1. The van der Waals surface area contributed by atoms with Crippen LogP contribution in [0.25, 0.3) is 6.08 Å². The van der Waals surface area contributed by atoms with Crippen molar-refractivity contribution in [3.63, 3.8) is 0 Å². The quantitative estimate of drug-likeness (QED) is 0.847. The number of nitrogens with one attached hydrogen (secondary N) is 1. The van der Waals surface area contributed by atoms with Crippen molar-refractivity contribution in [3.8, 4) is 0 Å². The number of benzene rings is 1. The van der Waals surface area contributed by atoms with E-state index in [0.29, 0.717) is 16.3 Å². The molecule has 2 N–H and O–H groups in total. The molecule has 1 heterocycles. The molecule has 0 saturated heterocycles. The average molecular weight is 303 g/mol. The molecule has 0 unspecified atom stereocenters. The van der Waals surface area contributed by atoms with Crippen LogP contribution in [0.2, 0.25) is 0 Å². The molecule has 0 saturated carbocycles. The number of carbonyl (C=O) groups is 2. The van der Waals surface area contributed by atoms with E-state index in [1.54, 1.807) is 25.1 Å². The highest BCUT2D eigenvalue weighted by Crippen LogP contribution is 2.17. The van der Waals surface area contributed by atoms with Gasteiger partial charge in [-0.25, -0.2) is 4.79 Å². The normalized spacial score (nSPS) is 10.8. The summed E-state index contributed by atoms with van der Waals surface area (Å²) in [6, 6.07) is 5.08. The summed E-state index contributed by atoms with van der Waals surface area (Å²) in [5.41, 5.74) is 1.99. The van der Waals surface area contributed by atoms with Crippen molar-refractivity contribution >= 4 is 34.4 Å². The molecule has 7 heteroatoms. The predicted octanol–water partition coefficient (Wildman–Crippen LogP) is 2.51. The summed E-state index contributed by atoms with van der Waals surface area (Å²) < 4.78 is 0. The minimum Gasteiger partial charge on any atom is -0.478 e. The summed E-state index contributed by atoms with van der Waals surface area (Å²) >= 11 is 1.29. The number of aryl methyl sites for hydroxylation is 2. The number of aromatic nitrogens is 2. The third-order valence-electron chi connectivity index (χ3n) is 2.69. The lowest BCUT2D eigenvalue weighted by Gasteiger charge is -2.05. The first-order valence-electron chi connectivity index (χ1n) is 6.09. The first-order chi connectivity index (χ1) is 9.95. The number of anilines is 1. The van der Waals surface area contributed by atoms with Crippen molar-refractivity contribution in [2.45, 2.75) is 13.8 Å². The molecule has 1 aromatic carbocycles. The van der Waals surface area contributed by atoms with Crippen LogP contribution in [0, 0.1) is 13.8 Å². The van der Waals surface area contributed by atoms with Crippen LogP contribution in [0.15, 0.2) is 24.3 Å². The summed E-state index contributed by atoms with van der Waals surface area (Å²) in [7, 11) is 0. The lowest BCUT2D eigenvalue weighted by molar-refractivity contribution is -0.131. The Bertz CT molecular complexity index is 722. The number of carboxylic acids is 1. The zero-order valence-corrected chi connectivity index (χ0v) is 12.3. The Labute approximate surface area is 125 Å². The van der Waals surface area contributed by atoms with E-state index in [4.69, 9.17) is 5.11 Å². The maximum atomic E-state index is 12.1. The molecule has 6 nitrogen and oxygen atoms in total. The summed E-state index contributed by atoms with van der Waals surface area (Å²) in [5, 5.41) is 20.2. The molecule has 0 atom stereocenters. The van der Waals surface area contributed by atoms with Gasteiger partial charge in [0.05, 0.1) is 0 Å². The fourth-order valence-corrected chi connectivity index (χ4v) is 2.23. The molecule has 108 valence electrons. The van der Waals surface area contributed by atoms with Gasteiger partial charge in [-0.3, -0.25) is 10.1 Å². The van der Waals surface area contributed by atoms with Gasteiger partial charge in [-0.15, -0.1) is 10.2 Å². The molecule has 0 fully saturated rings. The van der Waals surface area contributed by atoms with Crippen LogP contribution in [-0.2, 0) is 4.79 Å². The van der Waals surface area contributed by atoms with Gasteiger partial charge >= 0.3 is 5.97 Å². The van der Waals surface area contributed by atoms with Gasteiger partial charge in [0, 0.05) is 11.6 Å². The van der Waals surface area contributed by atoms with Gasteiger partial charge < -0.3 is 5.11 Å². The van der Waals surface area contributed by atoms with E-state index in [0.717, 1.165) is 16.6 Å². The van der Waals surface area contributed by atoms with E-state index in [9.17, 15) is 9.59 Å². The molecule has 1 amide bonds. The number of carboxylic acid groups (broad SMARTS) is 1. The number of amides is 1. The van der Waals surface area contributed by atoms with Crippen molar-refractivity contribution in [2.24, 2.45) is 0 Å². The highest BCUT2D eigenvalue weighted by Gasteiger charge is 2.10. The molecule has 1 aromatic heterocycles. The van der Waals surface area contributed by atoms with Gasteiger partial charge in [-0.05, 0) is 43.2 Å². The molecule has 21 heavy (non-hydrogen) atoms. The number of carbonyl (C=O) groups excluding carboxylic acids is 1. The van der Waals surface area contributed by atoms with Crippen molar-refractivity contribution in [2.75, 3.05) is 5.32 Å². The van der Waals surface area contributed by atoms with Crippen molar-refractivity contribution < 1.29 is 14.7 Å². The molecule has 0 spiro atoms. The van der Waals surface area contributed by atoms with Crippen LogP contribution in [0.5, 0.6) is 0 Å². The second-order valence-corrected chi connectivity index (χ2v) is 5.50. The smallest absolute Gasteiger partial charge is 0.328 e. The van der Waals surface area contributed by atoms with Crippen molar-refractivity contribution in [3.05, 3.63) is 46.0 Å². The van der Waals surface area contributed by atoms with Crippen LogP contribution in [0.3, 0.4) is 0 Å². The predicted molar refractivity (Wildman–Crippen MR) is 80.4 cm³/mol. The topological polar surface area (TPSA) is 92.2 Å². The van der Waals surface area contributed by atoms with Crippen molar-refractivity contribution in [1.29, 1.82) is 0 Å². The van der Waals surface area contributed by atoms with E-state index in [1.807, 2.05) is 6.92 Å². The fourth-order valence-electron chi connectivity index (χ4n) is 1.64. The van der Waals surface area contributed by atoms with Crippen LogP contribution in [0.4, 0.5) is 5.13 Å². The van der Waals surface area contributed by atoms with E-state index >= 15 is 0 Å². The largest absolute Gasteiger partial charge is 0.478 e. The van der Waals surface area contributed by atoms with Gasteiger partial charge in [0.1, 0.15) is 5.01 Å². The summed E-state index contributed by atoms with van der Waals surface area (Å²) in [4.78, 5) is 22.7. The third-order valence-corrected chi connectivity index (χ3v) is 3.45. The van der Waals surface area contributed by atoms with E-state index < -0.39 is 5.97 Å². The summed E-state index contributed by atoms with van der Waals surface area (Å²) in [6.45, 7) is 3.64. The standard InChI is InChI=1S/C14H13N3O3S/c1-8-3-4-11(7-10(8)5-6-12(18)19)13(20)15-14-17-16-9(2)21-14/h3-7H,1-2H3,(H,18,19)(H,15,17,20)/b6-5+. The Kier molecular flexibility index (Phi) is 4.44. The van der Waals surface area contributed by atoms with Gasteiger partial charge in [-0.1, -0.05) is 17.4 Å². The molecular formula is C14H13N3O3S. The summed E-state index contributed by atoms with van der Waals surface area (Å²) in [5.74, 6) is -1.34. The zero-order chi connectivity index (χ0) is 15.4. The van der Waals surface area contributed by atoms with Gasteiger partial charge in [0.25, 0.3) is 5.91 Å². The van der Waals surface area contributed by atoms with Gasteiger partial charge in [0.15, 0.2) is 0 Å². The maximum Gasteiger partial charge on any atom is 0.328 e. The Balaban J connectivity index is 2.21. The molecule has 0 bridgehead atoms. The fraction of sp³-hybridized carbons (Fsp3) is 0.143. The number of nitrogens with zero attached hydrogens (tertiary/aromatic N) is 2. The molecule has 0 aliphatic carbocycles. The minimum atomic E-state index is -1.03. The molecule has 0 aliphatic rings. The Morgan fingerprint density at radius 3 is 2.67 bits per heavy atom. The lowest BCUT2D eigenvalue weighted by atomic mass is 10.0. The number of rotatable bonds is 4. The molecule has 2 aromatic rings. The Morgan fingerprint density at radius 2 is 2.05 bits per heavy atom.